The predicted octanol–water partition coefficient (Wildman–Crippen LogP) is 3.89. The molecule has 1 nitrogen and oxygen atoms in total. The number of thioether (sulfide) groups is 1. The molecule has 1 aromatic carbocycles. The molecule has 0 unspecified atom stereocenters. The van der Waals surface area contributed by atoms with E-state index in [4.69, 9.17) is 0 Å². The SMILES string of the molecule is CCc1ccc2sc(O)c(SC)c2c1. The maximum atomic E-state index is 9.70. The van der Waals surface area contributed by atoms with Gasteiger partial charge in [0.25, 0.3) is 0 Å². The maximum Gasteiger partial charge on any atom is 0.186 e. The molecule has 74 valence electrons. The van der Waals surface area contributed by atoms with Crippen molar-refractivity contribution in [3.05, 3.63) is 23.8 Å². The summed E-state index contributed by atoms with van der Waals surface area (Å²) in [7, 11) is 0. The van der Waals surface area contributed by atoms with Gasteiger partial charge in [-0.3, -0.25) is 0 Å². The minimum Gasteiger partial charge on any atom is -0.499 e. The average Bonchev–Trinajstić information content (AvgIpc) is 2.52. The van der Waals surface area contributed by atoms with Crippen molar-refractivity contribution in [3.8, 4) is 5.06 Å². The zero-order valence-corrected chi connectivity index (χ0v) is 9.84. The summed E-state index contributed by atoms with van der Waals surface area (Å²) in [5.74, 6) is 0. The van der Waals surface area contributed by atoms with E-state index < -0.39 is 0 Å². The lowest BCUT2D eigenvalue weighted by Gasteiger charge is -1.98. The lowest BCUT2D eigenvalue weighted by atomic mass is 10.1. The number of thiophene rings is 1. The van der Waals surface area contributed by atoms with Gasteiger partial charge in [-0.15, -0.1) is 11.8 Å². The normalized spacial score (nSPS) is 11.0. The standard InChI is InChI=1S/C11H12OS2/c1-3-7-4-5-9-8(6-7)10(13-2)11(12)14-9/h4-6,12H,3H2,1-2H3. The highest BCUT2D eigenvalue weighted by molar-refractivity contribution is 7.99. The summed E-state index contributed by atoms with van der Waals surface area (Å²) < 4.78 is 1.17. The third-order valence-electron chi connectivity index (χ3n) is 2.30. The Balaban J connectivity index is 2.71. The number of hydrogen-bond donors (Lipinski definition) is 1. The zero-order chi connectivity index (χ0) is 10.1. The first-order chi connectivity index (χ1) is 6.76. The van der Waals surface area contributed by atoms with Gasteiger partial charge in [-0.2, -0.15) is 0 Å². The van der Waals surface area contributed by atoms with Crippen molar-refractivity contribution >= 4 is 33.2 Å². The van der Waals surface area contributed by atoms with E-state index in [9.17, 15) is 5.11 Å². The molecule has 1 N–H and O–H groups in total. The van der Waals surface area contributed by atoms with E-state index in [0.717, 1.165) is 11.3 Å². The van der Waals surface area contributed by atoms with Crippen molar-refractivity contribution in [2.45, 2.75) is 18.2 Å². The van der Waals surface area contributed by atoms with Crippen LogP contribution in [0.5, 0.6) is 5.06 Å². The van der Waals surface area contributed by atoms with Crippen molar-refractivity contribution in [3.63, 3.8) is 0 Å². The molecule has 0 spiro atoms. The third-order valence-corrected chi connectivity index (χ3v) is 4.23. The van der Waals surface area contributed by atoms with Gasteiger partial charge in [-0.05, 0) is 30.4 Å². The van der Waals surface area contributed by atoms with Crippen LogP contribution in [0.2, 0.25) is 0 Å². The lowest BCUT2D eigenvalue weighted by Crippen LogP contribution is -1.77. The summed E-state index contributed by atoms with van der Waals surface area (Å²) in [6, 6.07) is 6.40. The highest BCUT2D eigenvalue weighted by Crippen LogP contribution is 2.42. The smallest absolute Gasteiger partial charge is 0.186 e. The molecule has 2 rings (SSSR count). The van der Waals surface area contributed by atoms with Crippen LogP contribution in [0.25, 0.3) is 10.1 Å². The molecule has 0 aliphatic rings. The Labute approximate surface area is 91.8 Å². The molecule has 3 heteroatoms. The van der Waals surface area contributed by atoms with Crippen LogP contribution in [0.3, 0.4) is 0 Å². The highest BCUT2D eigenvalue weighted by atomic mass is 32.2. The fraction of sp³-hybridized carbons (Fsp3) is 0.273. The van der Waals surface area contributed by atoms with Crippen LogP contribution >= 0.6 is 23.1 Å². The predicted molar refractivity (Wildman–Crippen MR) is 64.6 cm³/mol. The number of hydrogen-bond acceptors (Lipinski definition) is 3. The Hall–Kier alpha value is -0.670. The Morgan fingerprint density at radius 2 is 2.21 bits per heavy atom. The number of aryl methyl sites for hydroxylation is 1. The summed E-state index contributed by atoms with van der Waals surface area (Å²) >= 11 is 3.07. The van der Waals surface area contributed by atoms with Crippen LogP contribution in [0, 0.1) is 0 Å². The van der Waals surface area contributed by atoms with Crippen LogP contribution in [0.1, 0.15) is 12.5 Å². The number of benzene rings is 1. The molecular weight excluding hydrogens is 212 g/mol. The Morgan fingerprint density at radius 3 is 2.86 bits per heavy atom. The molecule has 0 aliphatic heterocycles. The average molecular weight is 224 g/mol. The van der Waals surface area contributed by atoms with Gasteiger partial charge in [-0.1, -0.05) is 24.3 Å². The van der Waals surface area contributed by atoms with Crippen molar-refractivity contribution in [1.82, 2.24) is 0 Å². The van der Waals surface area contributed by atoms with Gasteiger partial charge in [0.1, 0.15) is 0 Å². The van der Waals surface area contributed by atoms with Gasteiger partial charge in [0, 0.05) is 10.1 Å². The van der Waals surface area contributed by atoms with E-state index in [-0.39, 0.29) is 0 Å². The first-order valence-electron chi connectivity index (χ1n) is 4.54. The third kappa shape index (κ3) is 1.51. The van der Waals surface area contributed by atoms with E-state index in [1.54, 1.807) is 11.8 Å². The van der Waals surface area contributed by atoms with Crippen molar-refractivity contribution < 1.29 is 5.11 Å². The van der Waals surface area contributed by atoms with Gasteiger partial charge < -0.3 is 5.11 Å². The van der Waals surface area contributed by atoms with Crippen molar-refractivity contribution in [1.29, 1.82) is 0 Å². The van der Waals surface area contributed by atoms with E-state index in [2.05, 4.69) is 25.1 Å². The Morgan fingerprint density at radius 1 is 1.43 bits per heavy atom. The summed E-state index contributed by atoms with van der Waals surface area (Å²) in [5.41, 5.74) is 1.32. The van der Waals surface area contributed by atoms with Crippen LogP contribution in [-0.4, -0.2) is 11.4 Å². The van der Waals surface area contributed by atoms with Crippen LogP contribution in [0.4, 0.5) is 0 Å². The number of fused-ring (bicyclic) bond motifs is 1. The van der Waals surface area contributed by atoms with Gasteiger partial charge in [0.15, 0.2) is 5.06 Å². The van der Waals surface area contributed by atoms with E-state index in [1.807, 2.05) is 6.26 Å². The molecule has 1 heterocycles. The Kier molecular flexibility index (Phi) is 2.70. The number of aromatic hydroxyl groups is 1. The topological polar surface area (TPSA) is 20.2 Å². The largest absolute Gasteiger partial charge is 0.499 e. The van der Waals surface area contributed by atoms with Gasteiger partial charge in [-0.25, -0.2) is 0 Å². The first-order valence-corrected chi connectivity index (χ1v) is 6.58. The van der Waals surface area contributed by atoms with Crippen LogP contribution in [0.15, 0.2) is 23.1 Å². The van der Waals surface area contributed by atoms with Crippen molar-refractivity contribution in [2.24, 2.45) is 0 Å². The molecule has 0 amide bonds. The molecule has 1 aromatic heterocycles. The summed E-state index contributed by atoms with van der Waals surface area (Å²) in [4.78, 5) is 1.01. The molecule has 0 saturated heterocycles. The summed E-state index contributed by atoms with van der Waals surface area (Å²) in [6.45, 7) is 2.14. The van der Waals surface area contributed by atoms with Crippen molar-refractivity contribution in [2.75, 3.05) is 6.26 Å². The first kappa shape index (κ1) is 9.87. The number of rotatable bonds is 2. The zero-order valence-electron chi connectivity index (χ0n) is 8.20. The van der Waals surface area contributed by atoms with E-state index in [1.165, 1.54) is 27.0 Å². The molecule has 0 atom stereocenters. The minimum atomic E-state index is 0.445. The van der Waals surface area contributed by atoms with E-state index in [0.29, 0.717) is 5.06 Å². The molecule has 0 bridgehead atoms. The fourth-order valence-electron chi connectivity index (χ4n) is 1.53. The summed E-state index contributed by atoms with van der Waals surface area (Å²) in [5, 5.41) is 11.3. The monoisotopic (exact) mass is 224 g/mol. The molecule has 0 fully saturated rings. The second kappa shape index (κ2) is 3.83. The molecule has 0 aliphatic carbocycles. The lowest BCUT2D eigenvalue weighted by molar-refractivity contribution is 0.480. The summed E-state index contributed by atoms with van der Waals surface area (Å²) in [6.07, 6.45) is 3.04. The Bertz CT molecular complexity index is 460. The molecular formula is C11H12OS2. The maximum absolute atomic E-state index is 9.70. The quantitative estimate of drug-likeness (QED) is 0.781. The molecule has 14 heavy (non-hydrogen) atoms. The highest BCUT2D eigenvalue weighted by Gasteiger charge is 2.10. The molecule has 2 aromatic rings. The van der Waals surface area contributed by atoms with Gasteiger partial charge in [0.2, 0.25) is 0 Å². The van der Waals surface area contributed by atoms with Crippen LogP contribution < -0.4 is 0 Å². The van der Waals surface area contributed by atoms with Gasteiger partial charge in [0.05, 0.1) is 4.90 Å². The van der Waals surface area contributed by atoms with Gasteiger partial charge >= 0.3 is 0 Å². The molecule has 0 radical (unpaired) electrons. The minimum absolute atomic E-state index is 0.445. The fourth-order valence-corrected chi connectivity index (χ4v) is 3.35. The van der Waals surface area contributed by atoms with E-state index >= 15 is 0 Å². The van der Waals surface area contributed by atoms with Crippen LogP contribution in [-0.2, 0) is 6.42 Å². The second-order valence-electron chi connectivity index (χ2n) is 3.12. The molecule has 0 saturated carbocycles. The second-order valence-corrected chi connectivity index (χ2v) is 4.97.